The Balaban J connectivity index is 1.78. The van der Waals surface area contributed by atoms with E-state index in [0.29, 0.717) is 13.0 Å². The summed E-state index contributed by atoms with van der Waals surface area (Å²) in [6.45, 7) is 0.904. The minimum Gasteiger partial charge on any atom is -0.350 e. The van der Waals surface area contributed by atoms with Crippen molar-refractivity contribution in [3.05, 3.63) is 46.2 Å². The van der Waals surface area contributed by atoms with Crippen LogP contribution in [0.2, 0.25) is 0 Å². The van der Waals surface area contributed by atoms with E-state index >= 15 is 0 Å². The highest BCUT2D eigenvalue weighted by Crippen LogP contribution is 2.17. The summed E-state index contributed by atoms with van der Waals surface area (Å²) in [6.07, 6.45) is 3.59. The third kappa shape index (κ3) is 2.66. The van der Waals surface area contributed by atoms with Crippen LogP contribution in [0.4, 0.5) is 0 Å². The number of carbonyl (C=O) groups is 1. The Hall–Kier alpha value is -2.81. The predicted octanol–water partition coefficient (Wildman–Crippen LogP) is 1.09. The smallest absolute Gasteiger partial charge is 0.248 e. The lowest BCUT2D eigenvalue weighted by Gasteiger charge is -2.17. The largest absolute Gasteiger partial charge is 0.350 e. The second kappa shape index (κ2) is 5.90. The average Bonchev–Trinajstić information content (AvgIpc) is 3.00. The van der Waals surface area contributed by atoms with Crippen molar-refractivity contribution in [3.8, 4) is 6.19 Å². The number of hydrogen-bond acceptors (Lipinski definition) is 4. The number of rotatable bonds is 3. The van der Waals surface area contributed by atoms with E-state index in [9.17, 15) is 9.59 Å². The summed E-state index contributed by atoms with van der Waals surface area (Å²) in [4.78, 5) is 28.2. The number of carbonyl (C=O) groups excluding carboxylic acids is 1. The molecule has 0 saturated carbocycles. The lowest BCUT2D eigenvalue weighted by Crippen LogP contribution is -2.40. The van der Waals surface area contributed by atoms with Gasteiger partial charge < -0.3 is 10.3 Å². The SMILES string of the molecule is N#CN1CCCC1C(=O)NCc1cc(=O)[nH]c2ccccc12. The van der Waals surface area contributed by atoms with Crippen molar-refractivity contribution in [1.29, 1.82) is 5.26 Å². The number of aromatic nitrogens is 1. The number of nitrogens with one attached hydrogen (secondary N) is 2. The molecule has 1 aromatic carbocycles. The van der Waals surface area contributed by atoms with Gasteiger partial charge in [-0.1, -0.05) is 18.2 Å². The summed E-state index contributed by atoms with van der Waals surface area (Å²) in [5.74, 6) is -0.164. The molecule has 22 heavy (non-hydrogen) atoms. The number of benzene rings is 1. The van der Waals surface area contributed by atoms with Gasteiger partial charge in [0.2, 0.25) is 11.5 Å². The number of likely N-dealkylation sites (tertiary alicyclic amines) is 1. The molecule has 0 spiro atoms. The molecule has 0 bridgehead atoms. The Morgan fingerprint density at radius 2 is 2.27 bits per heavy atom. The highest BCUT2D eigenvalue weighted by molar-refractivity contribution is 5.84. The van der Waals surface area contributed by atoms with Crippen molar-refractivity contribution >= 4 is 16.8 Å². The van der Waals surface area contributed by atoms with Gasteiger partial charge in [0.15, 0.2) is 6.19 Å². The van der Waals surface area contributed by atoms with Crippen LogP contribution in [-0.4, -0.2) is 28.4 Å². The summed E-state index contributed by atoms with van der Waals surface area (Å²) in [7, 11) is 0. The van der Waals surface area contributed by atoms with Gasteiger partial charge >= 0.3 is 0 Å². The number of aromatic amines is 1. The van der Waals surface area contributed by atoms with Gasteiger partial charge in [-0.05, 0) is 24.5 Å². The van der Waals surface area contributed by atoms with Crippen LogP contribution in [0.15, 0.2) is 35.1 Å². The summed E-state index contributed by atoms with van der Waals surface area (Å²) < 4.78 is 0. The maximum atomic E-state index is 12.2. The first-order valence-electron chi connectivity index (χ1n) is 7.24. The van der Waals surface area contributed by atoms with E-state index in [1.165, 1.54) is 11.0 Å². The van der Waals surface area contributed by atoms with E-state index in [0.717, 1.165) is 22.9 Å². The molecule has 1 amide bonds. The van der Waals surface area contributed by atoms with Crippen molar-refractivity contribution in [3.63, 3.8) is 0 Å². The van der Waals surface area contributed by atoms with Crippen molar-refractivity contribution in [2.75, 3.05) is 6.54 Å². The Kier molecular flexibility index (Phi) is 3.79. The quantitative estimate of drug-likeness (QED) is 0.830. The Morgan fingerprint density at radius 1 is 1.45 bits per heavy atom. The lowest BCUT2D eigenvalue weighted by atomic mass is 10.1. The molecule has 1 fully saturated rings. The van der Waals surface area contributed by atoms with E-state index in [2.05, 4.69) is 10.3 Å². The average molecular weight is 296 g/mol. The zero-order valence-corrected chi connectivity index (χ0v) is 12.0. The van der Waals surface area contributed by atoms with Gasteiger partial charge in [0.05, 0.1) is 0 Å². The molecule has 1 atom stereocenters. The number of amides is 1. The maximum Gasteiger partial charge on any atom is 0.248 e. The first-order valence-corrected chi connectivity index (χ1v) is 7.24. The molecule has 0 radical (unpaired) electrons. The van der Waals surface area contributed by atoms with E-state index in [4.69, 9.17) is 5.26 Å². The lowest BCUT2D eigenvalue weighted by molar-refractivity contribution is -0.124. The predicted molar refractivity (Wildman–Crippen MR) is 81.8 cm³/mol. The van der Waals surface area contributed by atoms with Crippen LogP contribution in [0.5, 0.6) is 0 Å². The molecule has 1 unspecified atom stereocenters. The molecule has 1 aliphatic heterocycles. The highest BCUT2D eigenvalue weighted by atomic mass is 16.2. The molecule has 112 valence electrons. The summed E-state index contributed by atoms with van der Waals surface area (Å²) in [5, 5.41) is 12.7. The van der Waals surface area contributed by atoms with Crippen LogP contribution in [0, 0.1) is 11.5 Å². The third-order valence-electron chi connectivity index (χ3n) is 3.97. The molecule has 0 aliphatic carbocycles. The molecule has 1 aromatic heterocycles. The van der Waals surface area contributed by atoms with E-state index in [1.807, 2.05) is 30.5 Å². The fourth-order valence-corrected chi connectivity index (χ4v) is 2.88. The Labute approximate surface area is 127 Å². The molecule has 1 saturated heterocycles. The van der Waals surface area contributed by atoms with Crippen LogP contribution in [0.3, 0.4) is 0 Å². The second-order valence-corrected chi connectivity index (χ2v) is 5.37. The first-order chi connectivity index (χ1) is 10.7. The minimum absolute atomic E-state index is 0.164. The molecule has 2 aromatic rings. The van der Waals surface area contributed by atoms with Gasteiger partial charge in [-0.25, -0.2) is 0 Å². The highest BCUT2D eigenvalue weighted by Gasteiger charge is 2.29. The topological polar surface area (TPSA) is 89.0 Å². The van der Waals surface area contributed by atoms with Gasteiger partial charge in [0.1, 0.15) is 6.04 Å². The summed E-state index contributed by atoms with van der Waals surface area (Å²) >= 11 is 0. The minimum atomic E-state index is -0.390. The van der Waals surface area contributed by atoms with E-state index in [-0.39, 0.29) is 18.0 Å². The number of fused-ring (bicyclic) bond motifs is 1. The maximum absolute atomic E-state index is 12.2. The van der Waals surface area contributed by atoms with Crippen LogP contribution in [0.1, 0.15) is 18.4 Å². The molecule has 6 heteroatoms. The summed E-state index contributed by atoms with van der Waals surface area (Å²) in [6, 6.07) is 8.59. The van der Waals surface area contributed by atoms with E-state index < -0.39 is 6.04 Å². The van der Waals surface area contributed by atoms with Gasteiger partial charge in [0, 0.05) is 30.1 Å². The molecule has 3 rings (SSSR count). The van der Waals surface area contributed by atoms with Crippen LogP contribution < -0.4 is 10.9 Å². The zero-order chi connectivity index (χ0) is 15.5. The molecular weight excluding hydrogens is 280 g/mol. The van der Waals surface area contributed by atoms with Crippen molar-refractivity contribution in [2.45, 2.75) is 25.4 Å². The molecule has 1 aliphatic rings. The number of pyridine rings is 1. The van der Waals surface area contributed by atoms with Crippen molar-refractivity contribution in [1.82, 2.24) is 15.2 Å². The monoisotopic (exact) mass is 296 g/mol. The van der Waals surface area contributed by atoms with Gasteiger partial charge in [0.25, 0.3) is 0 Å². The van der Waals surface area contributed by atoms with Gasteiger partial charge in [-0.2, -0.15) is 5.26 Å². The Bertz CT molecular complexity index is 806. The number of nitrogens with zero attached hydrogens (tertiary/aromatic N) is 2. The summed E-state index contributed by atoms with van der Waals surface area (Å²) in [5.41, 5.74) is 1.33. The van der Waals surface area contributed by atoms with Gasteiger partial charge in [-0.15, -0.1) is 0 Å². The molecular formula is C16H16N4O2. The second-order valence-electron chi connectivity index (χ2n) is 5.37. The molecule has 2 N–H and O–H groups in total. The molecule has 2 heterocycles. The molecule has 6 nitrogen and oxygen atoms in total. The normalized spacial score (nSPS) is 17.4. The van der Waals surface area contributed by atoms with E-state index in [1.54, 1.807) is 0 Å². The van der Waals surface area contributed by atoms with Crippen molar-refractivity contribution < 1.29 is 4.79 Å². The fourth-order valence-electron chi connectivity index (χ4n) is 2.88. The van der Waals surface area contributed by atoms with Crippen LogP contribution >= 0.6 is 0 Å². The van der Waals surface area contributed by atoms with Crippen molar-refractivity contribution in [2.24, 2.45) is 0 Å². The number of para-hydroxylation sites is 1. The number of H-pyrrole nitrogens is 1. The standard InChI is InChI=1S/C16H16N4O2/c17-10-20-7-3-6-14(20)16(22)18-9-11-8-15(21)19-13-5-2-1-4-12(11)13/h1-2,4-5,8,14H,3,6-7,9H2,(H,18,22)(H,19,21). The number of hydrogen-bond donors (Lipinski definition) is 2. The first kappa shape index (κ1) is 14.1. The fraction of sp³-hybridized carbons (Fsp3) is 0.312. The van der Waals surface area contributed by atoms with Gasteiger partial charge in [-0.3, -0.25) is 14.5 Å². The Morgan fingerprint density at radius 3 is 3.09 bits per heavy atom. The van der Waals surface area contributed by atoms with Crippen LogP contribution in [0.25, 0.3) is 10.9 Å². The van der Waals surface area contributed by atoms with Crippen LogP contribution in [-0.2, 0) is 11.3 Å². The third-order valence-corrected chi connectivity index (χ3v) is 3.97. The zero-order valence-electron chi connectivity index (χ0n) is 12.0. The number of nitriles is 1.